The van der Waals surface area contributed by atoms with Crippen molar-refractivity contribution in [2.75, 3.05) is 6.61 Å². The fourth-order valence-electron chi connectivity index (χ4n) is 5.32. The van der Waals surface area contributed by atoms with Gasteiger partial charge in [-0.2, -0.15) is 0 Å². The molecule has 0 aromatic heterocycles. The average molecular weight is 475 g/mol. The van der Waals surface area contributed by atoms with Crippen molar-refractivity contribution < 1.29 is 24.2 Å². The molecule has 3 aliphatic carbocycles. The van der Waals surface area contributed by atoms with Crippen LogP contribution in [0.3, 0.4) is 0 Å². The van der Waals surface area contributed by atoms with Gasteiger partial charge in [0.05, 0.1) is 12.5 Å². The first kappa shape index (κ1) is 23.1. The molecule has 2 aromatic rings. The number of aliphatic carboxylic acids is 1. The number of nitrogens with one attached hydrogen (secondary N) is 2. The molecule has 0 radical (unpaired) electrons. The number of rotatable bonds is 8. The Hall–Kier alpha value is -3.61. The summed E-state index contributed by atoms with van der Waals surface area (Å²) >= 11 is 0. The van der Waals surface area contributed by atoms with Gasteiger partial charge in [-0.15, -0.1) is 0 Å². The molecule has 7 heteroatoms. The predicted octanol–water partition coefficient (Wildman–Crippen LogP) is 4.23. The summed E-state index contributed by atoms with van der Waals surface area (Å²) < 4.78 is 5.64. The molecule has 0 bridgehead atoms. The standard InChI is InChI=1S/C28H30N2O5/c31-26(32)15-25(17-12-13-17)30-27(33)18-6-5-7-19(14-18)29-28(34)35-16-24-22-10-3-1-8-20(22)21-9-2-4-11-23(21)24/h1-5,7-11,17-19,24-25H,6,12-16H2,(H,29,34)(H,30,33)(H,31,32)/t18-,19-,25?/m1/s1. The molecule has 182 valence electrons. The lowest BCUT2D eigenvalue weighted by atomic mass is 9.90. The Bertz CT molecular complexity index is 1110. The van der Waals surface area contributed by atoms with Gasteiger partial charge < -0.3 is 20.5 Å². The van der Waals surface area contributed by atoms with Crippen LogP contribution in [0.1, 0.15) is 49.1 Å². The van der Waals surface area contributed by atoms with Crippen molar-refractivity contribution in [3.8, 4) is 11.1 Å². The van der Waals surface area contributed by atoms with Crippen LogP contribution in [0, 0.1) is 11.8 Å². The van der Waals surface area contributed by atoms with Gasteiger partial charge in [-0.3, -0.25) is 9.59 Å². The SMILES string of the molecule is O=C(O)CC(NC(=O)[C@@H]1CC=C[C@@H](NC(=O)OCC2c3ccccc3-c3ccccc32)C1)C1CC1. The lowest BCUT2D eigenvalue weighted by Crippen LogP contribution is -2.45. The van der Waals surface area contributed by atoms with Crippen LogP contribution in [0.2, 0.25) is 0 Å². The molecule has 3 N–H and O–H groups in total. The van der Waals surface area contributed by atoms with E-state index < -0.39 is 12.1 Å². The molecule has 0 saturated heterocycles. The maximum Gasteiger partial charge on any atom is 0.407 e. The lowest BCUT2D eigenvalue weighted by Gasteiger charge is -2.27. The monoisotopic (exact) mass is 474 g/mol. The number of amides is 2. The molecule has 7 nitrogen and oxygen atoms in total. The van der Waals surface area contributed by atoms with Crippen molar-refractivity contribution in [2.24, 2.45) is 11.8 Å². The zero-order chi connectivity index (χ0) is 24.4. The number of carbonyl (C=O) groups excluding carboxylic acids is 2. The zero-order valence-corrected chi connectivity index (χ0v) is 19.5. The Morgan fingerprint density at radius 3 is 2.29 bits per heavy atom. The second kappa shape index (κ2) is 9.94. The van der Waals surface area contributed by atoms with Gasteiger partial charge in [0.15, 0.2) is 0 Å². The van der Waals surface area contributed by atoms with Crippen molar-refractivity contribution in [1.29, 1.82) is 0 Å². The molecule has 0 aliphatic heterocycles. The van der Waals surface area contributed by atoms with Crippen LogP contribution in [0.4, 0.5) is 4.79 Å². The van der Waals surface area contributed by atoms with Crippen LogP contribution < -0.4 is 10.6 Å². The highest BCUT2D eigenvalue weighted by Gasteiger charge is 2.36. The van der Waals surface area contributed by atoms with E-state index in [9.17, 15) is 14.4 Å². The van der Waals surface area contributed by atoms with Crippen LogP contribution in [-0.2, 0) is 14.3 Å². The molecule has 1 fully saturated rings. The van der Waals surface area contributed by atoms with Crippen molar-refractivity contribution in [3.63, 3.8) is 0 Å². The summed E-state index contributed by atoms with van der Waals surface area (Å²) in [5.74, 6) is -1.12. The van der Waals surface area contributed by atoms with Crippen molar-refractivity contribution in [1.82, 2.24) is 10.6 Å². The molecule has 2 amide bonds. The highest BCUT2D eigenvalue weighted by atomic mass is 16.5. The fourth-order valence-corrected chi connectivity index (χ4v) is 5.32. The first-order valence-corrected chi connectivity index (χ1v) is 12.3. The molecule has 1 saturated carbocycles. The number of fused-ring (bicyclic) bond motifs is 3. The molecular weight excluding hydrogens is 444 g/mol. The highest BCUT2D eigenvalue weighted by molar-refractivity contribution is 5.81. The lowest BCUT2D eigenvalue weighted by molar-refractivity contribution is -0.138. The molecule has 35 heavy (non-hydrogen) atoms. The quantitative estimate of drug-likeness (QED) is 0.497. The number of alkyl carbamates (subject to hydrolysis) is 1. The van der Waals surface area contributed by atoms with E-state index in [0.29, 0.717) is 12.8 Å². The van der Waals surface area contributed by atoms with Gasteiger partial charge >= 0.3 is 12.1 Å². The summed E-state index contributed by atoms with van der Waals surface area (Å²) in [5.41, 5.74) is 4.66. The van der Waals surface area contributed by atoms with Crippen LogP contribution in [0.25, 0.3) is 11.1 Å². The number of benzene rings is 2. The van der Waals surface area contributed by atoms with E-state index in [0.717, 1.165) is 24.0 Å². The van der Waals surface area contributed by atoms with Gasteiger partial charge in [-0.1, -0.05) is 60.7 Å². The van der Waals surface area contributed by atoms with Crippen LogP contribution in [0.5, 0.6) is 0 Å². The molecule has 0 spiro atoms. The number of hydrogen-bond donors (Lipinski definition) is 3. The summed E-state index contributed by atoms with van der Waals surface area (Å²) in [6, 6.07) is 15.7. The number of hydrogen-bond acceptors (Lipinski definition) is 4. The zero-order valence-electron chi connectivity index (χ0n) is 19.5. The van der Waals surface area contributed by atoms with E-state index in [4.69, 9.17) is 9.84 Å². The van der Waals surface area contributed by atoms with E-state index in [-0.39, 0.29) is 48.8 Å². The summed E-state index contributed by atoms with van der Waals surface area (Å²) in [6.07, 6.45) is 6.15. The summed E-state index contributed by atoms with van der Waals surface area (Å²) in [7, 11) is 0. The Morgan fingerprint density at radius 1 is 1.00 bits per heavy atom. The van der Waals surface area contributed by atoms with Gasteiger partial charge in [0.1, 0.15) is 6.61 Å². The summed E-state index contributed by atoms with van der Waals surface area (Å²) in [6.45, 7) is 0.235. The van der Waals surface area contributed by atoms with Crippen molar-refractivity contribution >= 4 is 18.0 Å². The largest absolute Gasteiger partial charge is 0.481 e. The van der Waals surface area contributed by atoms with E-state index in [1.54, 1.807) is 0 Å². The van der Waals surface area contributed by atoms with Gasteiger partial charge in [0.2, 0.25) is 5.91 Å². The summed E-state index contributed by atoms with van der Waals surface area (Å²) in [4.78, 5) is 36.6. The average Bonchev–Trinajstić information content (AvgIpc) is 3.65. The second-order valence-corrected chi connectivity index (χ2v) is 9.72. The van der Waals surface area contributed by atoms with Crippen LogP contribution in [0.15, 0.2) is 60.7 Å². The maximum atomic E-state index is 12.8. The molecule has 0 heterocycles. The van der Waals surface area contributed by atoms with Crippen molar-refractivity contribution in [3.05, 3.63) is 71.8 Å². The highest BCUT2D eigenvalue weighted by Crippen LogP contribution is 2.44. The van der Waals surface area contributed by atoms with Gasteiger partial charge in [0, 0.05) is 17.9 Å². The minimum Gasteiger partial charge on any atom is -0.481 e. The third kappa shape index (κ3) is 5.24. The minimum atomic E-state index is -0.902. The van der Waals surface area contributed by atoms with E-state index in [2.05, 4.69) is 34.9 Å². The van der Waals surface area contributed by atoms with E-state index in [1.165, 1.54) is 11.1 Å². The first-order chi connectivity index (χ1) is 17.0. The Labute approximate surface area is 204 Å². The first-order valence-electron chi connectivity index (χ1n) is 12.3. The summed E-state index contributed by atoms with van der Waals surface area (Å²) in [5, 5.41) is 15.0. The Kier molecular flexibility index (Phi) is 6.57. The van der Waals surface area contributed by atoms with Crippen molar-refractivity contribution in [2.45, 2.75) is 50.1 Å². The fraction of sp³-hybridized carbons (Fsp3) is 0.393. The smallest absolute Gasteiger partial charge is 0.407 e. The number of carbonyl (C=O) groups is 3. The molecule has 5 rings (SSSR count). The third-order valence-electron chi connectivity index (χ3n) is 7.26. The topological polar surface area (TPSA) is 105 Å². The number of allylic oxidation sites excluding steroid dienone is 1. The second-order valence-electron chi connectivity index (χ2n) is 9.72. The maximum absolute atomic E-state index is 12.8. The van der Waals surface area contributed by atoms with Gasteiger partial charge in [-0.25, -0.2) is 4.79 Å². The molecule has 3 aliphatic rings. The minimum absolute atomic E-state index is 0.0119. The van der Waals surface area contributed by atoms with Gasteiger partial charge in [-0.05, 0) is 53.9 Å². The number of ether oxygens (including phenoxy) is 1. The molecule has 1 unspecified atom stereocenters. The van der Waals surface area contributed by atoms with Gasteiger partial charge in [0.25, 0.3) is 0 Å². The molecule has 3 atom stereocenters. The van der Waals surface area contributed by atoms with E-state index >= 15 is 0 Å². The Balaban J connectivity index is 1.15. The van der Waals surface area contributed by atoms with Crippen LogP contribution >= 0.6 is 0 Å². The Morgan fingerprint density at radius 2 is 1.66 bits per heavy atom. The number of carboxylic acid groups (broad SMARTS) is 1. The molecule has 2 aromatic carbocycles. The van der Waals surface area contributed by atoms with Crippen LogP contribution in [-0.4, -0.2) is 41.8 Å². The number of carboxylic acids is 1. The third-order valence-corrected chi connectivity index (χ3v) is 7.26. The molecular formula is C28H30N2O5. The predicted molar refractivity (Wildman–Crippen MR) is 131 cm³/mol. The normalized spacial score (nSPS) is 21.5. The van der Waals surface area contributed by atoms with E-state index in [1.807, 2.05) is 36.4 Å².